The van der Waals surface area contributed by atoms with Gasteiger partial charge in [-0.25, -0.2) is 4.39 Å². The Morgan fingerprint density at radius 2 is 1.89 bits per heavy atom. The van der Waals surface area contributed by atoms with Gasteiger partial charge in [-0.2, -0.15) is 0 Å². The molecule has 0 fully saturated rings. The van der Waals surface area contributed by atoms with E-state index < -0.39 is 16.6 Å². The average Bonchev–Trinajstić information content (AvgIpc) is 2.37. The molecule has 2 aromatic carbocycles. The molecular formula is C13H10Cl2FNOS. The van der Waals surface area contributed by atoms with Crippen LogP contribution in [0.5, 0.6) is 0 Å². The molecule has 0 saturated carbocycles. The molecule has 0 bridgehead atoms. The van der Waals surface area contributed by atoms with Crippen LogP contribution in [0.3, 0.4) is 0 Å². The molecular weight excluding hydrogens is 308 g/mol. The van der Waals surface area contributed by atoms with Gasteiger partial charge in [0.25, 0.3) is 0 Å². The first-order valence-electron chi connectivity index (χ1n) is 5.35. The Hall–Kier alpha value is -1.10. The minimum Gasteiger partial charge on any atom is -0.398 e. The molecule has 2 N–H and O–H groups in total. The third kappa shape index (κ3) is 3.26. The Morgan fingerprint density at radius 3 is 2.53 bits per heavy atom. The molecule has 0 saturated heterocycles. The molecule has 0 radical (unpaired) electrons. The molecule has 0 amide bonds. The zero-order valence-electron chi connectivity index (χ0n) is 9.70. The quantitative estimate of drug-likeness (QED) is 0.869. The largest absolute Gasteiger partial charge is 0.398 e. The highest BCUT2D eigenvalue weighted by Crippen LogP contribution is 2.25. The SMILES string of the molecule is Nc1ccc(S(=O)Cc2c(F)cccc2Cl)cc1Cl. The molecule has 0 aliphatic rings. The van der Waals surface area contributed by atoms with E-state index in [-0.39, 0.29) is 16.3 Å². The van der Waals surface area contributed by atoms with E-state index in [1.807, 2.05) is 0 Å². The first-order valence-corrected chi connectivity index (χ1v) is 7.43. The van der Waals surface area contributed by atoms with Gasteiger partial charge in [0.15, 0.2) is 0 Å². The van der Waals surface area contributed by atoms with Crippen molar-refractivity contribution in [3.8, 4) is 0 Å². The molecule has 2 aromatic rings. The third-order valence-electron chi connectivity index (χ3n) is 2.57. The first kappa shape index (κ1) is 14.3. The molecule has 0 heterocycles. The molecule has 2 rings (SSSR count). The maximum Gasteiger partial charge on any atom is 0.128 e. The van der Waals surface area contributed by atoms with Crippen LogP contribution >= 0.6 is 23.2 Å². The van der Waals surface area contributed by atoms with Gasteiger partial charge in [-0.3, -0.25) is 4.21 Å². The Balaban J connectivity index is 2.28. The van der Waals surface area contributed by atoms with Crippen molar-refractivity contribution < 1.29 is 8.60 Å². The van der Waals surface area contributed by atoms with Crippen molar-refractivity contribution in [3.05, 3.63) is 57.8 Å². The molecule has 2 nitrogen and oxygen atoms in total. The monoisotopic (exact) mass is 317 g/mol. The van der Waals surface area contributed by atoms with Crippen LogP contribution in [0.4, 0.5) is 10.1 Å². The summed E-state index contributed by atoms with van der Waals surface area (Å²) in [6, 6.07) is 9.04. The lowest BCUT2D eigenvalue weighted by Crippen LogP contribution is -2.00. The van der Waals surface area contributed by atoms with Gasteiger partial charge in [0.2, 0.25) is 0 Å². The summed E-state index contributed by atoms with van der Waals surface area (Å²) >= 11 is 11.8. The summed E-state index contributed by atoms with van der Waals surface area (Å²) in [5.41, 5.74) is 6.22. The summed E-state index contributed by atoms with van der Waals surface area (Å²) in [4.78, 5) is 0.485. The fourth-order valence-electron chi connectivity index (χ4n) is 1.53. The number of hydrogen-bond acceptors (Lipinski definition) is 2. The zero-order valence-corrected chi connectivity index (χ0v) is 12.0. The van der Waals surface area contributed by atoms with Gasteiger partial charge in [-0.05, 0) is 30.3 Å². The Kier molecular flexibility index (Phi) is 4.45. The highest BCUT2D eigenvalue weighted by molar-refractivity contribution is 7.84. The summed E-state index contributed by atoms with van der Waals surface area (Å²) in [5.74, 6) is -0.478. The molecule has 1 atom stereocenters. The Labute approximate surface area is 122 Å². The maximum atomic E-state index is 13.6. The van der Waals surface area contributed by atoms with E-state index in [0.29, 0.717) is 15.6 Å². The van der Waals surface area contributed by atoms with Gasteiger partial charge in [0.05, 0.1) is 27.3 Å². The van der Waals surface area contributed by atoms with Gasteiger partial charge in [0.1, 0.15) is 5.82 Å². The molecule has 0 aliphatic carbocycles. The van der Waals surface area contributed by atoms with Crippen molar-refractivity contribution in [1.29, 1.82) is 0 Å². The van der Waals surface area contributed by atoms with E-state index in [0.717, 1.165) is 0 Å². The summed E-state index contributed by atoms with van der Waals surface area (Å²) in [6.45, 7) is 0. The van der Waals surface area contributed by atoms with E-state index in [4.69, 9.17) is 28.9 Å². The Bertz CT molecular complexity index is 628. The second-order valence-electron chi connectivity index (χ2n) is 3.87. The normalized spacial score (nSPS) is 12.4. The van der Waals surface area contributed by atoms with Crippen molar-refractivity contribution in [2.24, 2.45) is 0 Å². The van der Waals surface area contributed by atoms with Gasteiger partial charge >= 0.3 is 0 Å². The van der Waals surface area contributed by atoms with Crippen LogP contribution in [-0.2, 0) is 16.6 Å². The average molecular weight is 318 g/mol. The van der Waals surface area contributed by atoms with Crippen LogP contribution in [-0.4, -0.2) is 4.21 Å². The zero-order chi connectivity index (χ0) is 14.0. The predicted octanol–water partition coefficient (Wildman–Crippen LogP) is 4.02. The van der Waals surface area contributed by atoms with Crippen LogP contribution in [0.1, 0.15) is 5.56 Å². The number of nitrogens with two attached hydrogens (primary N) is 1. The van der Waals surface area contributed by atoms with Crippen LogP contribution < -0.4 is 5.73 Å². The van der Waals surface area contributed by atoms with E-state index >= 15 is 0 Å². The smallest absolute Gasteiger partial charge is 0.128 e. The van der Waals surface area contributed by atoms with Gasteiger partial charge in [-0.1, -0.05) is 29.3 Å². The fraction of sp³-hybridized carbons (Fsp3) is 0.0769. The standard InChI is InChI=1S/C13H10Cl2FNOS/c14-10-2-1-3-12(16)9(10)7-19(18)8-4-5-13(17)11(15)6-8/h1-6H,7,17H2. The summed E-state index contributed by atoms with van der Waals surface area (Å²) in [5, 5.41) is 0.584. The summed E-state index contributed by atoms with van der Waals surface area (Å²) < 4.78 is 25.8. The predicted molar refractivity (Wildman–Crippen MR) is 77.4 cm³/mol. The highest BCUT2D eigenvalue weighted by Gasteiger charge is 2.13. The molecule has 0 spiro atoms. The number of anilines is 1. The number of halogens is 3. The van der Waals surface area contributed by atoms with Crippen molar-refractivity contribution in [2.75, 3.05) is 5.73 Å². The van der Waals surface area contributed by atoms with Crippen LogP contribution in [0.25, 0.3) is 0 Å². The van der Waals surface area contributed by atoms with Crippen molar-refractivity contribution in [2.45, 2.75) is 10.6 Å². The summed E-state index contributed by atoms with van der Waals surface area (Å²) in [7, 11) is -1.44. The van der Waals surface area contributed by atoms with Crippen molar-refractivity contribution in [3.63, 3.8) is 0 Å². The minimum atomic E-state index is -1.44. The number of nitrogen functional groups attached to an aromatic ring is 1. The first-order chi connectivity index (χ1) is 8.99. The topological polar surface area (TPSA) is 43.1 Å². The highest BCUT2D eigenvalue weighted by atomic mass is 35.5. The maximum absolute atomic E-state index is 13.6. The molecule has 0 aliphatic heterocycles. The summed E-state index contributed by atoms with van der Waals surface area (Å²) in [6.07, 6.45) is 0. The number of rotatable bonds is 3. The van der Waals surface area contributed by atoms with Crippen molar-refractivity contribution >= 4 is 39.7 Å². The molecule has 6 heteroatoms. The van der Waals surface area contributed by atoms with Crippen LogP contribution in [0.2, 0.25) is 10.0 Å². The lowest BCUT2D eigenvalue weighted by atomic mass is 10.2. The second-order valence-corrected chi connectivity index (χ2v) is 6.14. The fourth-order valence-corrected chi connectivity index (χ4v) is 3.28. The van der Waals surface area contributed by atoms with E-state index in [1.165, 1.54) is 18.2 Å². The van der Waals surface area contributed by atoms with Crippen LogP contribution in [0.15, 0.2) is 41.3 Å². The molecule has 0 aromatic heterocycles. The van der Waals surface area contributed by atoms with E-state index in [9.17, 15) is 8.60 Å². The van der Waals surface area contributed by atoms with Gasteiger partial charge < -0.3 is 5.73 Å². The second kappa shape index (κ2) is 5.90. The van der Waals surface area contributed by atoms with E-state index in [2.05, 4.69) is 0 Å². The number of hydrogen-bond donors (Lipinski definition) is 1. The van der Waals surface area contributed by atoms with E-state index in [1.54, 1.807) is 18.2 Å². The van der Waals surface area contributed by atoms with Gasteiger partial charge in [-0.15, -0.1) is 0 Å². The van der Waals surface area contributed by atoms with Gasteiger partial charge in [0, 0.05) is 15.5 Å². The van der Waals surface area contributed by atoms with Crippen molar-refractivity contribution in [1.82, 2.24) is 0 Å². The lowest BCUT2D eigenvalue weighted by Gasteiger charge is -2.07. The Morgan fingerprint density at radius 1 is 1.16 bits per heavy atom. The minimum absolute atomic E-state index is 0.00818. The molecule has 19 heavy (non-hydrogen) atoms. The third-order valence-corrected chi connectivity index (χ3v) is 4.58. The van der Waals surface area contributed by atoms with Crippen LogP contribution in [0, 0.1) is 5.82 Å². The molecule has 100 valence electrons. The number of benzene rings is 2. The molecule has 1 unspecified atom stereocenters. The lowest BCUT2D eigenvalue weighted by molar-refractivity contribution is 0.615.